The first-order valence-electron chi connectivity index (χ1n) is 6.15. The molecule has 0 fully saturated rings. The first-order valence-corrected chi connectivity index (χ1v) is 6.56. The molecule has 1 N–H and O–H groups in total. The van der Waals surface area contributed by atoms with Gasteiger partial charge in [0.15, 0.2) is 4.77 Å². The van der Waals surface area contributed by atoms with Crippen LogP contribution in [-0.4, -0.2) is 16.7 Å². The molecule has 0 radical (unpaired) electrons. The molecule has 3 aromatic rings. The lowest BCUT2D eigenvalue weighted by Crippen LogP contribution is -1.99. The van der Waals surface area contributed by atoms with E-state index in [1.54, 1.807) is 23.8 Å². The van der Waals surface area contributed by atoms with Crippen LogP contribution in [0.15, 0.2) is 36.4 Å². The summed E-state index contributed by atoms with van der Waals surface area (Å²) < 4.78 is 21.4. The third kappa shape index (κ3) is 2.00. The Morgan fingerprint density at radius 3 is 2.75 bits per heavy atom. The van der Waals surface area contributed by atoms with Crippen LogP contribution in [0.3, 0.4) is 0 Å². The Labute approximate surface area is 120 Å². The van der Waals surface area contributed by atoms with Crippen molar-refractivity contribution in [1.29, 1.82) is 0 Å². The van der Waals surface area contributed by atoms with Gasteiger partial charge in [-0.1, -0.05) is 6.07 Å². The number of methoxy groups -OCH3 is 1. The number of imidazole rings is 1. The van der Waals surface area contributed by atoms with E-state index in [4.69, 9.17) is 17.0 Å². The fraction of sp³-hybridized carbons (Fsp3) is 0.133. The largest absolute Gasteiger partial charge is 0.497 e. The van der Waals surface area contributed by atoms with Crippen molar-refractivity contribution in [2.75, 3.05) is 7.11 Å². The van der Waals surface area contributed by atoms with Gasteiger partial charge in [-0.3, -0.25) is 4.57 Å². The average Bonchev–Trinajstić information content (AvgIpc) is 2.75. The fourth-order valence-corrected chi connectivity index (χ4v) is 2.55. The summed E-state index contributed by atoms with van der Waals surface area (Å²) in [4.78, 5) is 3.09. The molecule has 20 heavy (non-hydrogen) atoms. The van der Waals surface area contributed by atoms with Gasteiger partial charge in [-0.15, -0.1) is 0 Å². The minimum Gasteiger partial charge on any atom is -0.497 e. The van der Waals surface area contributed by atoms with Crippen LogP contribution < -0.4 is 4.74 Å². The topological polar surface area (TPSA) is 29.9 Å². The Hall–Kier alpha value is -2.14. The van der Waals surface area contributed by atoms with Gasteiger partial charge in [-0.05, 0) is 49.0 Å². The Morgan fingerprint density at radius 1 is 1.20 bits per heavy atom. The van der Waals surface area contributed by atoms with Gasteiger partial charge in [-0.2, -0.15) is 0 Å². The third-order valence-electron chi connectivity index (χ3n) is 3.23. The number of aromatic nitrogens is 2. The van der Waals surface area contributed by atoms with Crippen LogP contribution in [0.4, 0.5) is 4.39 Å². The van der Waals surface area contributed by atoms with Crippen LogP contribution in [-0.2, 0) is 0 Å². The molecule has 3 rings (SSSR count). The van der Waals surface area contributed by atoms with Crippen LogP contribution in [0.5, 0.6) is 5.75 Å². The number of nitrogens with one attached hydrogen (secondary N) is 1. The SMILES string of the molecule is COc1ccc(F)c(-n2c(=S)[nH]c3ccc(C)cc32)c1. The molecule has 0 aliphatic carbocycles. The fourth-order valence-electron chi connectivity index (χ4n) is 2.24. The number of hydrogen-bond donors (Lipinski definition) is 1. The summed E-state index contributed by atoms with van der Waals surface area (Å²) in [6.07, 6.45) is 0. The van der Waals surface area contributed by atoms with E-state index in [1.165, 1.54) is 6.07 Å². The van der Waals surface area contributed by atoms with E-state index >= 15 is 0 Å². The van der Waals surface area contributed by atoms with E-state index in [0.29, 0.717) is 16.2 Å². The Bertz CT molecular complexity index is 851. The highest BCUT2D eigenvalue weighted by Crippen LogP contribution is 2.25. The second kappa shape index (κ2) is 4.76. The van der Waals surface area contributed by atoms with Crippen molar-refractivity contribution >= 4 is 23.3 Å². The molecule has 0 saturated carbocycles. The summed E-state index contributed by atoms with van der Waals surface area (Å²) in [5.41, 5.74) is 3.19. The first-order chi connectivity index (χ1) is 9.60. The van der Waals surface area contributed by atoms with Crippen LogP contribution in [0, 0.1) is 17.5 Å². The number of hydrogen-bond acceptors (Lipinski definition) is 2. The maximum Gasteiger partial charge on any atom is 0.182 e. The second-order valence-corrected chi connectivity index (χ2v) is 4.99. The number of fused-ring (bicyclic) bond motifs is 1. The first kappa shape index (κ1) is 12.9. The lowest BCUT2D eigenvalue weighted by molar-refractivity contribution is 0.413. The van der Waals surface area contributed by atoms with Gasteiger partial charge >= 0.3 is 0 Å². The molecule has 0 saturated heterocycles. The molecular weight excluding hydrogens is 275 g/mol. The van der Waals surface area contributed by atoms with Crippen molar-refractivity contribution in [3.05, 3.63) is 52.5 Å². The molecular formula is C15H13FN2OS. The maximum absolute atomic E-state index is 14.1. The number of ether oxygens (including phenoxy) is 1. The van der Waals surface area contributed by atoms with Crippen molar-refractivity contribution in [2.24, 2.45) is 0 Å². The van der Waals surface area contributed by atoms with Crippen molar-refractivity contribution in [1.82, 2.24) is 9.55 Å². The van der Waals surface area contributed by atoms with E-state index < -0.39 is 0 Å². The highest BCUT2D eigenvalue weighted by molar-refractivity contribution is 7.71. The predicted molar refractivity (Wildman–Crippen MR) is 79.7 cm³/mol. The minimum absolute atomic E-state index is 0.343. The zero-order valence-electron chi connectivity index (χ0n) is 11.1. The molecule has 3 nitrogen and oxygen atoms in total. The average molecular weight is 288 g/mol. The molecule has 0 aliphatic heterocycles. The maximum atomic E-state index is 14.1. The zero-order chi connectivity index (χ0) is 14.3. The van der Waals surface area contributed by atoms with Crippen molar-refractivity contribution in [3.8, 4) is 11.4 Å². The van der Waals surface area contributed by atoms with E-state index in [2.05, 4.69) is 4.98 Å². The van der Waals surface area contributed by atoms with Crippen molar-refractivity contribution in [3.63, 3.8) is 0 Å². The highest BCUT2D eigenvalue weighted by atomic mass is 32.1. The molecule has 102 valence electrons. The number of benzene rings is 2. The Balaban J connectivity index is 2.37. The molecule has 1 heterocycles. The summed E-state index contributed by atoms with van der Waals surface area (Å²) in [6.45, 7) is 1.99. The molecule has 0 spiro atoms. The van der Waals surface area contributed by atoms with Crippen LogP contribution >= 0.6 is 12.2 Å². The predicted octanol–water partition coefficient (Wildman–Crippen LogP) is 4.14. The number of aromatic amines is 1. The number of aryl methyl sites for hydroxylation is 1. The van der Waals surface area contributed by atoms with E-state index in [0.717, 1.165) is 16.6 Å². The van der Waals surface area contributed by atoms with Gasteiger partial charge in [-0.25, -0.2) is 4.39 Å². The normalized spacial score (nSPS) is 10.9. The van der Waals surface area contributed by atoms with Crippen molar-refractivity contribution in [2.45, 2.75) is 6.92 Å². The summed E-state index contributed by atoms with van der Waals surface area (Å²) in [5.74, 6) is 0.245. The van der Waals surface area contributed by atoms with Gasteiger partial charge in [0.05, 0.1) is 23.8 Å². The van der Waals surface area contributed by atoms with E-state index in [1.807, 2.05) is 25.1 Å². The van der Waals surface area contributed by atoms with Gasteiger partial charge in [0.2, 0.25) is 0 Å². The lowest BCUT2D eigenvalue weighted by Gasteiger charge is -2.08. The van der Waals surface area contributed by atoms with E-state index in [9.17, 15) is 4.39 Å². The molecule has 0 aliphatic rings. The quantitative estimate of drug-likeness (QED) is 0.718. The molecule has 0 amide bonds. The van der Waals surface area contributed by atoms with Gasteiger partial charge < -0.3 is 9.72 Å². The Morgan fingerprint density at radius 2 is 2.00 bits per heavy atom. The molecule has 5 heteroatoms. The third-order valence-corrected chi connectivity index (χ3v) is 3.52. The summed E-state index contributed by atoms with van der Waals surface area (Å²) in [5, 5.41) is 0. The number of halogens is 1. The molecule has 0 bridgehead atoms. The molecule has 0 atom stereocenters. The van der Waals surface area contributed by atoms with Crippen LogP contribution in [0.25, 0.3) is 16.7 Å². The molecule has 1 aromatic heterocycles. The van der Waals surface area contributed by atoms with Gasteiger partial charge in [0, 0.05) is 6.07 Å². The Kier molecular flexibility index (Phi) is 3.06. The highest BCUT2D eigenvalue weighted by Gasteiger charge is 2.12. The monoisotopic (exact) mass is 288 g/mol. The summed E-state index contributed by atoms with van der Waals surface area (Å²) >= 11 is 5.32. The van der Waals surface area contributed by atoms with Gasteiger partial charge in [0.1, 0.15) is 11.6 Å². The van der Waals surface area contributed by atoms with Gasteiger partial charge in [0.25, 0.3) is 0 Å². The second-order valence-electron chi connectivity index (χ2n) is 4.60. The number of nitrogens with zero attached hydrogens (tertiary/aromatic N) is 1. The lowest BCUT2D eigenvalue weighted by atomic mass is 10.2. The number of rotatable bonds is 2. The molecule has 2 aromatic carbocycles. The minimum atomic E-state index is -0.343. The number of H-pyrrole nitrogens is 1. The summed E-state index contributed by atoms with van der Waals surface area (Å²) in [7, 11) is 1.55. The van der Waals surface area contributed by atoms with Crippen LogP contribution in [0.2, 0.25) is 0 Å². The standard InChI is InChI=1S/C15H13FN2OS/c1-9-3-6-12-14(7-9)18(15(20)17-12)13-8-10(19-2)4-5-11(13)16/h3-8H,1-2H3,(H,17,20). The van der Waals surface area contributed by atoms with E-state index in [-0.39, 0.29) is 5.82 Å². The van der Waals surface area contributed by atoms with Crippen molar-refractivity contribution < 1.29 is 9.13 Å². The van der Waals surface area contributed by atoms with Crippen LogP contribution in [0.1, 0.15) is 5.56 Å². The molecule has 0 unspecified atom stereocenters. The zero-order valence-corrected chi connectivity index (χ0v) is 11.9. The smallest absolute Gasteiger partial charge is 0.182 e. The summed E-state index contributed by atoms with van der Waals surface area (Å²) in [6, 6.07) is 10.5.